The Balaban J connectivity index is 2.29. The van der Waals surface area contributed by atoms with Crippen LogP contribution < -0.4 is 5.19 Å². The fourth-order valence-electron chi connectivity index (χ4n) is 5.38. The van der Waals surface area contributed by atoms with Crippen LogP contribution in [-0.4, -0.2) is 29.7 Å². The quantitative estimate of drug-likeness (QED) is 0.585. The number of fused-ring (bicyclic) bond motifs is 4. The highest BCUT2D eigenvalue weighted by atomic mass is 28.3. The Morgan fingerprint density at radius 3 is 2.27 bits per heavy atom. The molecule has 142 valence electrons. The third-order valence-electron chi connectivity index (χ3n) is 6.83. The van der Waals surface area contributed by atoms with E-state index in [0.29, 0.717) is 22.2 Å². The second kappa shape index (κ2) is 6.43. The first-order valence-electron chi connectivity index (χ1n) is 9.96. The molecule has 0 heterocycles. The van der Waals surface area contributed by atoms with Crippen molar-refractivity contribution in [2.45, 2.75) is 82.2 Å². The largest absolute Gasteiger partial charge is 0.381 e. The van der Waals surface area contributed by atoms with E-state index in [-0.39, 0.29) is 12.2 Å². The Hall–Kier alpha value is -1.23. The van der Waals surface area contributed by atoms with E-state index in [1.165, 1.54) is 6.08 Å². The van der Waals surface area contributed by atoms with Crippen LogP contribution in [0.15, 0.2) is 30.4 Å². The molecule has 2 bridgehead atoms. The van der Waals surface area contributed by atoms with Gasteiger partial charge in [-0.2, -0.15) is 0 Å². The fraction of sp³-hybridized carbons (Fsp3) is 0.591. The molecule has 0 spiro atoms. The molecule has 0 saturated heterocycles. The van der Waals surface area contributed by atoms with Crippen LogP contribution in [0.5, 0.6) is 0 Å². The lowest BCUT2D eigenvalue weighted by atomic mass is 9.76. The van der Waals surface area contributed by atoms with Gasteiger partial charge in [-0.3, -0.25) is 4.79 Å². The van der Waals surface area contributed by atoms with E-state index >= 15 is 0 Å². The number of hydrogen-bond donors (Lipinski definition) is 2. The Labute approximate surface area is 158 Å². The highest BCUT2D eigenvalue weighted by molar-refractivity contribution is 6.94. The number of benzene rings is 1. The van der Waals surface area contributed by atoms with Crippen molar-refractivity contribution in [1.29, 1.82) is 0 Å². The number of rotatable bonds is 6. The lowest BCUT2D eigenvalue weighted by Crippen LogP contribution is -2.58. The van der Waals surface area contributed by atoms with Crippen LogP contribution in [0.3, 0.4) is 0 Å². The fourth-order valence-corrected chi connectivity index (χ4v) is 11.4. The number of carbonyl (C=O) groups is 1. The molecule has 2 N–H and O–H groups in total. The van der Waals surface area contributed by atoms with Gasteiger partial charge in [0, 0.05) is 12.0 Å². The van der Waals surface area contributed by atoms with Crippen molar-refractivity contribution < 1.29 is 15.0 Å². The highest BCUT2D eigenvalue weighted by Gasteiger charge is 2.56. The minimum atomic E-state index is -2.04. The molecule has 0 aromatic heterocycles. The van der Waals surface area contributed by atoms with Gasteiger partial charge in [-0.15, -0.1) is 0 Å². The highest BCUT2D eigenvalue weighted by Crippen LogP contribution is 2.48. The standard InChI is InChI=1S/C22H32O3Si/c1-6-7-13-26(15(2)3,16(4)5)18-10-8-9-17-19(18)20(23)22(25)12-11-21(17,24)14-22/h8-12,15-16,24-25H,6-7,13-14H2,1-5H3. The van der Waals surface area contributed by atoms with Crippen LogP contribution in [0.4, 0.5) is 0 Å². The molecular formula is C22H32O3Si. The SMILES string of the molecule is CCCC[Si](c1cccc2c1C(=O)C1(O)C=CC2(O)C1)(C(C)C)C(C)C. The molecule has 0 saturated carbocycles. The van der Waals surface area contributed by atoms with E-state index in [0.717, 1.165) is 24.1 Å². The van der Waals surface area contributed by atoms with Crippen molar-refractivity contribution in [3.8, 4) is 0 Å². The predicted octanol–water partition coefficient (Wildman–Crippen LogP) is 4.04. The van der Waals surface area contributed by atoms with Crippen LogP contribution in [0.25, 0.3) is 0 Å². The summed E-state index contributed by atoms with van der Waals surface area (Å²) >= 11 is 0. The minimum absolute atomic E-state index is 0.0438. The molecule has 26 heavy (non-hydrogen) atoms. The molecule has 2 aliphatic rings. The van der Waals surface area contributed by atoms with Crippen molar-refractivity contribution in [2.24, 2.45) is 0 Å². The normalized spacial score (nSPS) is 27.5. The maximum absolute atomic E-state index is 13.3. The van der Waals surface area contributed by atoms with Gasteiger partial charge in [0.25, 0.3) is 0 Å². The Morgan fingerprint density at radius 2 is 1.69 bits per heavy atom. The number of hydrogen-bond acceptors (Lipinski definition) is 3. The molecule has 4 heteroatoms. The van der Waals surface area contributed by atoms with Crippen molar-refractivity contribution in [3.05, 3.63) is 41.5 Å². The van der Waals surface area contributed by atoms with E-state index in [4.69, 9.17) is 0 Å². The predicted molar refractivity (Wildman–Crippen MR) is 109 cm³/mol. The number of carbonyl (C=O) groups excluding carboxylic acids is 1. The molecule has 3 nitrogen and oxygen atoms in total. The zero-order valence-electron chi connectivity index (χ0n) is 16.7. The second-order valence-corrected chi connectivity index (χ2v) is 14.3. The Morgan fingerprint density at radius 1 is 1.08 bits per heavy atom. The first-order valence-corrected chi connectivity index (χ1v) is 12.3. The van der Waals surface area contributed by atoms with Gasteiger partial charge in [-0.1, -0.05) is 71.7 Å². The molecule has 2 atom stereocenters. The van der Waals surface area contributed by atoms with Gasteiger partial charge in [0.05, 0.1) is 8.07 Å². The van der Waals surface area contributed by atoms with Crippen LogP contribution >= 0.6 is 0 Å². The van der Waals surface area contributed by atoms with Crippen LogP contribution in [0, 0.1) is 0 Å². The molecule has 0 amide bonds. The third-order valence-corrected chi connectivity index (χ3v) is 13.6. The average molecular weight is 373 g/mol. The van der Waals surface area contributed by atoms with E-state index in [9.17, 15) is 15.0 Å². The van der Waals surface area contributed by atoms with Gasteiger partial charge in [-0.25, -0.2) is 0 Å². The summed E-state index contributed by atoms with van der Waals surface area (Å²) in [6.07, 6.45) is 5.43. The van der Waals surface area contributed by atoms with Crippen LogP contribution in [0.1, 0.15) is 69.8 Å². The summed E-state index contributed by atoms with van der Waals surface area (Å²) in [5, 5.41) is 23.1. The van der Waals surface area contributed by atoms with Gasteiger partial charge >= 0.3 is 0 Å². The smallest absolute Gasteiger partial charge is 0.198 e. The van der Waals surface area contributed by atoms with Crippen molar-refractivity contribution >= 4 is 19.0 Å². The summed E-state index contributed by atoms with van der Waals surface area (Å²) in [4.78, 5) is 13.3. The zero-order chi connectivity index (χ0) is 19.3. The number of ketones is 1. The maximum atomic E-state index is 13.3. The first kappa shape index (κ1) is 19.5. The Kier molecular flexibility index (Phi) is 4.83. The average Bonchev–Trinajstić information content (AvgIpc) is 2.88. The molecular weight excluding hydrogens is 340 g/mol. The maximum Gasteiger partial charge on any atom is 0.198 e. The van der Waals surface area contributed by atoms with Crippen LogP contribution in [0.2, 0.25) is 17.1 Å². The third kappa shape index (κ3) is 2.57. The minimum Gasteiger partial charge on any atom is -0.381 e. The van der Waals surface area contributed by atoms with E-state index in [1.54, 1.807) is 6.08 Å². The molecule has 1 aromatic rings. The van der Waals surface area contributed by atoms with Gasteiger partial charge in [-0.05, 0) is 34.0 Å². The van der Waals surface area contributed by atoms with E-state index < -0.39 is 19.3 Å². The summed E-state index contributed by atoms with van der Waals surface area (Å²) in [6.45, 7) is 11.3. The molecule has 2 unspecified atom stereocenters. The van der Waals surface area contributed by atoms with Crippen molar-refractivity contribution in [2.75, 3.05) is 0 Å². The topological polar surface area (TPSA) is 57.5 Å². The van der Waals surface area contributed by atoms with Gasteiger partial charge < -0.3 is 10.2 Å². The lowest BCUT2D eigenvalue weighted by Gasteiger charge is -2.44. The van der Waals surface area contributed by atoms with Crippen LogP contribution in [-0.2, 0) is 5.60 Å². The van der Waals surface area contributed by atoms with Gasteiger partial charge in [0.15, 0.2) is 5.78 Å². The zero-order valence-corrected chi connectivity index (χ0v) is 17.7. The number of aliphatic hydroxyl groups is 2. The molecule has 0 radical (unpaired) electrons. The van der Waals surface area contributed by atoms with E-state index in [2.05, 4.69) is 40.7 Å². The molecule has 0 fully saturated rings. The van der Waals surface area contributed by atoms with Gasteiger partial charge in [0.1, 0.15) is 11.2 Å². The van der Waals surface area contributed by atoms with Crippen molar-refractivity contribution in [3.63, 3.8) is 0 Å². The second-order valence-electron chi connectivity index (χ2n) is 8.87. The molecule has 2 aliphatic carbocycles. The molecule has 1 aromatic carbocycles. The number of Topliss-reactive ketones (excluding diaryl/α,β-unsaturated/α-hetero) is 1. The number of unbranched alkanes of at least 4 members (excludes halogenated alkanes) is 1. The molecule has 3 rings (SSSR count). The summed E-state index contributed by atoms with van der Waals surface area (Å²) in [6, 6.07) is 7.10. The monoisotopic (exact) mass is 372 g/mol. The molecule has 0 aliphatic heterocycles. The summed E-state index contributed by atoms with van der Waals surface area (Å²) in [5.74, 6) is -0.226. The summed E-state index contributed by atoms with van der Waals surface area (Å²) in [5.41, 5.74) is -0.536. The summed E-state index contributed by atoms with van der Waals surface area (Å²) in [7, 11) is -2.04. The first-order chi connectivity index (χ1) is 12.1. The Bertz CT molecular complexity index is 744. The summed E-state index contributed by atoms with van der Waals surface area (Å²) < 4.78 is 0. The van der Waals surface area contributed by atoms with Crippen molar-refractivity contribution in [1.82, 2.24) is 0 Å². The lowest BCUT2D eigenvalue weighted by molar-refractivity contribution is 0.000734. The van der Waals surface area contributed by atoms with Gasteiger partial charge in [0.2, 0.25) is 0 Å². The van der Waals surface area contributed by atoms with E-state index in [1.807, 2.05) is 12.1 Å².